The van der Waals surface area contributed by atoms with Gasteiger partial charge in [0.05, 0.1) is 23.5 Å². The summed E-state index contributed by atoms with van der Waals surface area (Å²) in [6.07, 6.45) is 2.12. The molecular weight excluding hydrogens is 326 g/mol. The van der Waals surface area contributed by atoms with Crippen LogP contribution in [0.4, 0.5) is 11.4 Å². The molecule has 5 heteroatoms. The van der Waals surface area contributed by atoms with Crippen molar-refractivity contribution in [1.82, 2.24) is 5.32 Å². The van der Waals surface area contributed by atoms with Gasteiger partial charge in [-0.1, -0.05) is 30.3 Å². The van der Waals surface area contributed by atoms with Crippen molar-refractivity contribution in [2.24, 2.45) is 0 Å². The van der Waals surface area contributed by atoms with E-state index in [0.717, 1.165) is 50.4 Å². The lowest BCUT2D eigenvalue weighted by molar-refractivity contribution is 0.0697. The minimum atomic E-state index is -0.860. The average Bonchev–Trinajstić information content (AvgIpc) is 3.01. The number of nitrogens with zero attached hydrogens (tertiary/aromatic N) is 2. The molecular formula is C21H25N3O2. The monoisotopic (exact) mass is 351 g/mol. The number of benzene rings is 2. The molecule has 26 heavy (non-hydrogen) atoms. The Bertz CT molecular complexity index is 800. The van der Waals surface area contributed by atoms with Gasteiger partial charge in [0.25, 0.3) is 0 Å². The highest BCUT2D eigenvalue weighted by atomic mass is 16.4. The van der Waals surface area contributed by atoms with Gasteiger partial charge in [-0.05, 0) is 56.6 Å². The number of hydrogen-bond donors (Lipinski definition) is 2. The standard InChI is InChI=1S/C21H25N3O2/c1-16-6-5-9-18(20(25)26)19(16)23-14-21(10-12-22-13-11-21)24(15-23)17-7-3-2-4-8-17/h2-9,22H,10-15H2,1H3,(H,25,26). The van der Waals surface area contributed by atoms with E-state index in [9.17, 15) is 9.90 Å². The molecule has 2 N–H and O–H groups in total. The van der Waals surface area contributed by atoms with Gasteiger partial charge in [-0.15, -0.1) is 0 Å². The van der Waals surface area contributed by atoms with Crippen molar-refractivity contribution in [3.05, 3.63) is 59.7 Å². The lowest BCUT2D eigenvalue weighted by Crippen LogP contribution is -2.53. The molecule has 0 aliphatic carbocycles. The van der Waals surface area contributed by atoms with Gasteiger partial charge in [-0.3, -0.25) is 0 Å². The molecule has 5 nitrogen and oxygen atoms in total. The first-order valence-electron chi connectivity index (χ1n) is 9.22. The average molecular weight is 351 g/mol. The Balaban J connectivity index is 1.76. The number of aryl methyl sites for hydroxylation is 1. The summed E-state index contributed by atoms with van der Waals surface area (Å²) in [4.78, 5) is 16.5. The van der Waals surface area contributed by atoms with Gasteiger partial charge in [0.15, 0.2) is 0 Å². The van der Waals surface area contributed by atoms with Crippen LogP contribution in [0.3, 0.4) is 0 Å². The number of aromatic carboxylic acids is 1. The molecule has 2 heterocycles. The number of anilines is 2. The topological polar surface area (TPSA) is 55.8 Å². The van der Waals surface area contributed by atoms with Crippen molar-refractivity contribution in [2.45, 2.75) is 25.3 Å². The Labute approximate surface area is 154 Å². The van der Waals surface area contributed by atoms with Crippen LogP contribution in [0.15, 0.2) is 48.5 Å². The summed E-state index contributed by atoms with van der Waals surface area (Å²) in [6, 6.07) is 16.0. The number of carbonyl (C=O) groups is 1. The van der Waals surface area contributed by atoms with E-state index >= 15 is 0 Å². The second kappa shape index (κ2) is 6.65. The second-order valence-electron chi connectivity index (χ2n) is 7.35. The quantitative estimate of drug-likeness (QED) is 0.890. The Morgan fingerprint density at radius 1 is 1.08 bits per heavy atom. The van der Waals surface area contributed by atoms with E-state index in [1.54, 1.807) is 6.07 Å². The summed E-state index contributed by atoms with van der Waals surface area (Å²) in [5.74, 6) is -0.860. The highest BCUT2D eigenvalue weighted by molar-refractivity contribution is 5.95. The summed E-state index contributed by atoms with van der Waals surface area (Å²) < 4.78 is 0. The number of piperidine rings is 1. The first-order chi connectivity index (χ1) is 12.6. The maximum atomic E-state index is 11.8. The minimum absolute atomic E-state index is 0.0463. The molecule has 0 saturated carbocycles. The van der Waals surface area contributed by atoms with Crippen LogP contribution in [0, 0.1) is 6.92 Å². The first kappa shape index (κ1) is 16.9. The van der Waals surface area contributed by atoms with Gasteiger partial charge >= 0.3 is 5.97 Å². The van der Waals surface area contributed by atoms with Gasteiger partial charge < -0.3 is 20.2 Å². The lowest BCUT2D eigenvalue weighted by atomic mass is 9.87. The molecule has 0 amide bonds. The van der Waals surface area contributed by atoms with Crippen molar-refractivity contribution >= 4 is 17.3 Å². The number of carboxylic acids is 1. The van der Waals surface area contributed by atoms with Gasteiger partial charge in [0.2, 0.25) is 0 Å². The van der Waals surface area contributed by atoms with Gasteiger partial charge in [-0.25, -0.2) is 4.79 Å². The third-order valence-corrected chi connectivity index (χ3v) is 5.76. The number of carboxylic acid groups (broad SMARTS) is 1. The summed E-state index contributed by atoms with van der Waals surface area (Å²) in [5, 5.41) is 13.1. The number of hydrogen-bond acceptors (Lipinski definition) is 4. The van der Waals surface area contributed by atoms with E-state index < -0.39 is 5.97 Å². The van der Waals surface area contributed by atoms with Gasteiger partial charge in [-0.2, -0.15) is 0 Å². The summed E-state index contributed by atoms with van der Waals surface area (Å²) in [7, 11) is 0. The van der Waals surface area contributed by atoms with E-state index in [4.69, 9.17) is 0 Å². The van der Waals surface area contributed by atoms with Gasteiger partial charge in [0, 0.05) is 12.2 Å². The van der Waals surface area contributed by atoms with Crippen molar-refractivity contribution in [2.75, 3.05) is 36.1 Å². The van der Waals surface area contributed by atoms with Crippen molar-refractivity contribution in [1.29, 1.82) is 0 Å². The predicted octanol–water partition coefficient (Wildman–Crippen LogP) is 3.10. The Hall–Kier alpha value is -2.53. The zero-order valence-electron chi connectivity index (χ0n) is 15.1. The largest absolute Gasteiger partial charge is 0.478 e. The summed E-state index contributed by atoms with van der Waals surface area (Å²) >= 11 is 0. The van der Waals surface area contributed by atoms with Crippen LogP contribution in [0.5, 0.6) is 0 Å². The zero-order valence-corrected chi connectivity index (χ0v) is 15.1. The van der Waals surface area contributed by atoms with Crippen LogP contribution in [0.2, 0.25) is 0 Å². The van der Waals surface area contributed by atoms with Crippen LogP contribution < -0.4 is 15.1 Å². The van der Waals surface area contributed by atoms with Crippen molar-refractivity contribution in [3.63, 3.8) is 0 Å². The molecule has 0 radical (unpaired) electrons. The van der Waals surface area contributed by atoms with Crippen LogP contribution in [-0.4, -0.2) is 42.9 Å². The smallest absolute Gasteiger partial charge is 0.337 e. The van der Waals surface area contributed by atoms with E-state index in [2.05, 4.69) is 39.4 Å². The van der Waals surface area contributed by atoms with Gasteiger partial charge in [0.1, 0.15) is 0 Å². The van der Waals surface area contributed by atoms with Crippen LogP contribution >= 0.6 is 0 Å². The SMILES string of the molecule is Cc1cccc(C(=O)O)c1N1CN(c2ccccc2)C2(CCNCC2)C1. The zero-order chi connectivity index (χ0) is 18.1. The molecule has 136 valence electrons. The summed E-state index contributed by atoms with van der Waals surface area (Å²) in [6.45, 7) is 5.57. The third kappa shape index (κ3) is 2.82. The molecule has 2 aromatic carbocycles. The second-order valence-corrected chi connectivity index (χ2v) is 7.35. The molecule has 0 aromatic heterocycles. The number of nitrogens with one attached hydrogen (secondary N) is 1. The van der Waals surface area contributed by atoms with E-state index in [-0.39, 0.29) is 5.54 Å². The minimum Gasteiger partial charge on any atom is -0.478 e. The molecule has 2 aliphatic heterocycles. The lowest BCUT2D eigenvalue weighted by Gasteiger charge is -2.41. The van der Waals surface area contributed by atoms with E-state index in [1.807, 2.05) is 25.1 Å². The van der Waals surface area contributed by atoms with E-state index in [0.29, 0.717) is 5.56 Å². The molecule has 0 unspecified atom stereocenters. The maximum Gasteiger partial charge on any atom is 0.337 e. The highest BCUT2D eigenvalue weighted by Gasteiger charge is 2.46. The highest BCUT2D eigenvalue weighted by Crippen LogP contribution is 2.40. The van der Waals surface area contributed by atoms with Crippen LogP contribution in [0.1, 0.15) is 28.8 Å². The molecule has 2 saturated heterocycles. The summed E-state index contributed by atoms with van der Waals surface area (Å²) in [5.41, 5.74) is 3.52. The molecule has 1 spiro atoms. The normalized spacial score (nSPS) is 19.1. The molecule has 2 aliphatic rings. The fraction of sp³-hybridized carbons (Fsp3) is 0.381. The molecule has 2 aromatic rings. The Morgan fingerprint density at radius 3 is 2.50 bits per heavy atom. The molecule has 2 fully saturated rings. The molecule has 0 atom stereocenters. The van der Waals surface area contributed by atoms with Crippen LogP contribution in [-0.2, 0) is 0 Å². The fourth-order valence-electron chi connectivity index (χ4n) is 4.50. The van der Waals surface area contributed by atoms with Crippen molar-refractivity contribution < 1.29 is 9.90 Å². The third-order valence-electron chi connectivity index (χ3n) is 5.76. The fourth-order valence-corrected chi connectivity index (χ4v) is 4.50. The number of rotatable bonds is 3. The Morgan fingerprint density at radius 2 is 1.81 bits per heavy atom. The van der Waals surface area contributed by atoms with Crippen molar-refractivity contribution in [3.8, 4) is 0 Å². The molecule has 4 rings (SSSR count). The van der Waals surface area contributed by atoms with E-state index in [1.165, 1.54) is 5.69 Å². The predicted molar refractivity (Wildman–Crippen MR) is 104 cm³/mol. The first-order valence-corrected chi connectivity index (χ1v) is 9.22. The molecule has 0 bridgehead atoms. The maximum absolute atomic E-state index is 11.8. The Kier molecular flexibility index (Phi) is 4.32. The number of para-hydroxylation sites is 2. The van der Waals surface area contributed by atoms with Crippen LogP contribution in [0.25, 0.3) is 0 Å².